The van der Waals surface area contributed by atoms with Gasteiger partial charge < -0.3 is 10.6 Å². The van der Waals surface area contributed by atoms with Crippen LogP contribution in [-0.4, -0.2) is 17.9 Å². The van der Waals surface area contributed by atoms with Crippen molar-refractivity contribution in [2.75, 3.05) is 4.90 Å². The fourth-order valence-electron chi connectivity index (χ4n) is 3.21. The quantitative estimate of drug-likeness (QED) is 0.795. The molecule has 4 nitrogen and oxygen atoms in total. The topological polar surface area (TPSA) is 63.4 Å². The van der Waals surface area contributed by atoms with Crippen LogP contribution in [0.2, 0.25) is 10.0 Å². The van der Waals surface area contributed by atoms with Crippen molar-refractivity contribution in [1.29, 1.82) is 0 Å². The maximum absolute atomic E-state index is 13.8. The van der Waals surface area contributed by atoms with E-state index in [1.165, 1.54) is 11.0 Å². The van der Waals surface area contributed by atoms with Crippen molar-refractivity contribution in [2.24, 2.45) is 5.73 Å². The minimum Gasteiger partial charge on any atom is -0.369 e. The molecule has 0 fully saturated rings. The van der Waals surface area contributed by atoms with Crippen molar-refractivity contribution in [1.82, 2.24) is 0 Å². The smallest absolute Gasteiger partial charge is 0.260 e. The molecule has 0 radical (unpaired) electrons. The summed E-state index contributed by atoms with van der Waals surface area (Å²) in [6, 6.07) is 8.97. The van der Waals surface area contributed by atoms with Crippen LogP contribution >= 0.6 is 23.2 Å². The zero-order chi connectivity index (χ0) is 18.3. The number of primary amides is 1. The lowest BCUT2D eigenvalue weighted by molar-refractivity contribution is -0.119. The molecule has 2 atom stereocenters. The van der Waals surface area contributed by atoms with Crippen LogP contribution in [0.5, 0.6) is 0 Å². The number of benzene rings is 2. The number of para-hydroxylation sites is 1. The summed E-state index contributed by atoms with van der Waals surface area (Å²) in [5.41, 5.74) is 6.77. The van der Waals surface area contributed by atoms with Crippen LogP contribution in [0, 0.1) is 5.82 Å². The predicted molar refractivity (Wildman–Crippen MR) is 95.7 cm³/mol. The summed E-state index contributed by atoms with van der Waals surface area (Å²) in [5.74, 6) is -2.10. The molecule has 2 amide bonds. The Balaban J connectivity index is 2.10. The third kappa shape index (κ3) is 3.10. The highest BCUT2D eigenvalue weighted by Gasteiger charge is 2.37. The van der Waals surface area contributed by atoms with Crippen molar-refractivity contribution in [3.05, 3.63) is 63.4 Å². The highest BCUT2D eigenvalue weighted by Crippen LogP contribution is 2.39. The van der Waals surface area contributed by atoms with Crippen molar-refractivity contribution < 1.29 is 14.0 Å². The number of fused-ring (bicyclic) bond motifs is 1. The van der Waals surface area contributed by atoms with Crippen LogP contribution < -0.4 is 10.6 Å². The first-order chi connectivity index (χ1) is 11.8. The lowest BCUT2D eigenvalue weighted by Crippen LogP contribution is -2.45. The summed E-state index contributed by atoms with van der Waals surface area (Å²) in [7, 11) is 0. The van der Waals surface area contributed by atoms with E-state index in [1.54, 1.807) is 24.3 Å². The molecule has 1 heterocycles. The molecule has 0 spiro atoms. The standard InChI is InChI=1S/C18H15Cl2FN2O2/c1-9-6-11(17(22)24)10-4-2-3-5-16(10)23(9)18(25)12-7-15(21)14(20)8-13(12)19/h2-5,7-9,11H,6H2,1H3,(H2,22,24)/t9-,11-/m1/s1. The van der Waals surface area contributed by atoms with Gasteiger partial charge in [-0.2, -0.15) is 0 Å². The Hall–Kier alpha value is -2.11. The molecule has 1 aliphatic rings. The van der Waals surface area contributed by atoms with Gasteiger partial charge in [-0.15, -0.1) is 0 Å². The number of carbonyl (C=O) groups excluding carboxylic acids is 2. The first kappa shape index (κ1) is 17.7. The normalized spacial score (nSPS) is 19.4. The van der Waals surface area contributed by atoms with Crippen LogP contribution in [-0.2, 0) is 4.79 Å². The average Bonchev–Trinajstić information content (AvgIpc) is 2.56. The molecule has 7 heteroatoms. The minimum atomic E-state index is -0.720. The molecule has 130 valence electrons. The SMILES string of the molecule is C[C@@H]1C[C@@H](C(N)=O)c2ccccc2N1C(=O)c1cc(F)c(Cl)cc1Cl. The number of halogens is 3. The van der Waals surface area contributed by atoms with Gasteiger partial charge in [-0.1, -0.05) is 41.4 Å². The molecule has 0 aromatic heterocycles. The molecule has 3 rings (SSSR count). The zero-order valence-corrected chi connectivity index (χ0v) is 14.8. The van der Waals surface area contributed by atoms with Gasteiger partial charge in [-0.25, -0.2) is 4.39 Å². The highest BCUT2D eigenvalue weighted by molar-refractivity contribution is 6.37. The van der Waals surface area contributed by atoms with Gasteiger partial charge in [-0.3, -0.25) is 9.59 Å². The van der Waals surface area contributed by atoms with Gasteiger partial charge in [-0.05, 0) is 37.1 Å². The second kappa shape index (κ2) is 6.65. The Morgan fingerprint density at radius 1 is 1.20 bits per heavy atom. The van der Waals surface area contributed by atoms with Crippen molar-refractivity contribution in [2.45, 2.75) is 25.3 Å². The van der Waals surface area contributed by atoms with Crippen LogP contribution in [0.25, 0.3) is 0 Å². The van der Waals surface area contributed by atoms with Crippen LogP contribution in [0.4, 0.5) is 10.1 Å². The molecule has 1 aliphatic heterocycles. The Kier molecular flexibility index (Phi) is 4.71. The molecule has 0 unspecified atom stereocenters. The van der Waals surface area contributed by atoms with E-state index in [2.05, 4.69) is 0 Å². The molecule has 2 N–H and O–H groups in total. The van der Waals surface area contributed by atoms with E-state index in [0.717, 1.165) is 6.07 Å². The maximum Gasteiger partial charge on any atom is 0.260 e. The van der Waals surface area contributed by atoms with Gasteiger partial charge in [0, 0.05) is 11.7 Å². The molecule has 0 bridgehead atoms. The molecule has 2 aromatic rings. The van der Waals surface area contributed by atoms with E-state index in [4.69, 9.17) is 28.9 Å². The Morgan fingerprint density at radius 3 is 2.56 bits per heavy atom. The molecule has 2 aromatic carbocycles. The first-order valence-corrected chi connectivity index (χ1v) is 8.43. The fourth-order valence-corrected chi connectivity index (χ4v) is 3.67. The largest absolute Gasteiger partial charge is 0.369 e. The first-order valence-electron chi connectivity index (χ1n) is 7.67. The summed E-state index contributed by atoms with van der Waals surface area (Å²) in [6.45, 7) is 1.81. The third-order valence-electron chi connectivity index (χ3n) is 4.39. The number of anilines is 1. The molecule has 0 saturated heterocycles. The third-order valence-corrected chi connectivity index (χ3v) is 4.99. The molecule has 0 saturated carbocycles. The lowest BCUT2D eigenvalue weighted by atomic mass is 9.85. The number of nitrogens with two attached hydrogens (primary N) is 1. The lowest BCUT2D eigenvalue weighted by Gasteiger charge is -2.38. The zero-order valence-electron chi connectivity index (χ0n) is 13.3. The summed E-state index contributed by atoms with van der Waals surface area (Å²) < 4.78 is 13.8. The second-order valence-electron chi connectivity index (χ2n) is 6.02. The van der Waals surface area contributed by atoms with Crippen molar-refractivity contribution in [3.8, 4) is 0 Å². The van der Waals surface area contributed by atoms with Crippen LogP contribution in [0.3, 0.4) is 0 Å². The fraction of sp³-hybridized carbons (Fsp3) is 0.222. The van der Waals surface area contributed by atoms with Gasteiger partial charge in [0.1, 0.15) is 5.82 Å². The summed E-state index contributed by atoms with van der Waals surface area (Å²) in [4.78, 5) is 26.3. The number of hydrogen-bond donors (Lipinski definition) is 1. The Bertz CT molecular complexity index is 872. The second-order valence-corrected chi connectivity index (χ2v) is 6.83. The number of nitrogens with zero attached hydrogens (tertiary/aromatic N) is 1. The monoisotopic (exact) mass is 380 g/mol. The van der Waals surface area contributed by atoms with Crippen molar-refractivity contribution in [3.63, 3.8) is 0 Å². The highest BCUT2D eigenvalue weighted by atomic mass is 35.5. The van der Waals surface area contributed by atoms with Gasteiger partial charge >= 0.3 is 0 Å². The van der Waals surface area contributed by atoms with E-state index in [-0.39, 0.29) is 21.7 Å². The molecule has 25 heavy (non-hydrogen) atoms. The van der Waals surface area contributed by atoms with E-state index in [1.807, 2.05) is 6.92 Å². The molecular formula is C18H15Cl2FN2O2. The summed E-state index contributed by atoms with van der Waals surface area (Å²) in [6.07, 6.45) is 0.381. The number of rotatable bonds is 2. The van der Waals surface area contributed by atoms with E-state index in [0.29, 0.717) is 17.7 Å². The maximum atomic E-state index is 13.8. The summed E-state index contributed by atoms with van der Waals surface area (Å²) >= 11 is 11.8. The number of amides is 2. The van der Waals surface area contributed by atoms with Gasteiger partial charge in [0.2, 0.25) is 5.91 Å². The van der Waals surface area contributed by atoms with E-state index < -0.39 is 23.5 Å². The number of carbonyl (C=O) groups is 2. The molecule has 0 aliphatic carbocycles. The minimum absolute atomic E-state index is 0.0164. The van der Waals surface area contributed by atoms with Crippen LogP contribution in [0.1, 0.15) is 35.2 Å². The molecular weight excluding hydrogens is 366 g/mol. The van der Waals surface area contributed by atoms with E-state index >= 15 is 0 Å². The van der Waals surface area contributed by atoms with Crippen LogP contribution in [0.15, 0.2) is 36.4 Å². The Labute approximate surface area is 154 Å². The van der Waals surface area contributed by atoms with Gasteiger partial charge in [0.15, 0.2) is 0 Å². The van der Waals surface area contributed by atoms with Gasteiger partial charge in [0.25, 0.3) is 5.91 Å². The number of hydrogen-bond acceptors (Lipinski definition) is 2. The van der Waals surface area contributed by atoms with Gasteiger partial charge in [0.05, 0.1) is 21.5 Å². The predicted octanol–water partition coefficient (Wildman–Crippen LogP) is 4.14. The van der Waals surface area contributed by atoms with E-state index in [9.17, 15) is 14.0 Å². The van der Waals surface area contributed by atoms with Crippen molar-refractivity contribution >= 4 is 40.7 Å². The summed E-state index contributed by atoms with van der Waals surface area (Å²) in [5, 5.41) is -0.0828. The average molecular weight is 381 g/mol. The Morgan fingerprint density at radius 2 is 1.88 bits per heavy atom.